The van der Waals surface area contributed by atoms with Crippen LogP contribution in [0.1, 0.15) is 11.1 Å². The molecular weight excluding hydrogens is 248 g/mol. The van der Waals surface area contributed by atoms with Crippen molar-refractivity contribution in [3.8, 4) is 11.5 Å². The molecule has 0 unspecified atom stereocenters. The fourth-order valence-electron chi connectivity index (χ4n) is 1.67. The molecule has 0 fully saturated rings. The number of alkyl halides is 1. The van der Waals surface area contributed by atoms with Crippen LogP contribution in [0.3, 0.4) is 0 Å². The average Bonchev–Trinajstić information content (AvgIpc) is 2.45. The summed E-state index contributed by atoms with van der Waals surface area (Å²) < 4.78 is 11.0. The Morgan fingerprint density at radius 1 is 1.17 bits per heavy atom. The van der Waals surface area contributed by atoms with Gasteiger partial charge < -0.3 is 9.47 Å². The first kappa shape index (κ1) is 12.8. The number of ether oxygens (including phenoxy) is 2. The molecule has 0 N–H and O–H groups in total. The molecule has 1 radical (unpaired) electrons. The van der Waals surface area contributed by atoms with Crippen molar-refractivity contribution in [2.75, 3.05) is 7.11 Å². The quantitative estimate of drug-likeness (QED) is 0.762. The zero-order valence-corrected chi connectivity index (χ0v) is 10.9. The molecule has 0 saturated heterocycles. The van der Waals surface area contributed by atoms with Gasteiger partial charge in [0.25, 0.3) is 0 Å². The Labute approximate surface area is 112 Å². The summed E-state index contributed by atoms with van der Waals surface area (Å²) in [4.78, 5) is 0. The van der Waals surface area contributed by atoms with Crippen molar-refractivity contribution in [3.63, 3.8) is 0 Å². The van der Waals surface area contributed by atoms with Crippen molar-refractivity contribution < 1.29 is 9.47 Å². The van der Waals surface area contributed by atoms with Gasteiger partial charge in [-0.05, 0) is 11.6 Å². The summed E-state index contributed by atoms with van der Waals surface area (Å²) in [5.41, 5.74) is 2.00. The molecule has 0 saturated carbocycles. The van der Waals surface area contributed by atoms with Crippen LogP contribution < -0.4 is 9.47 Å². The lowest BCUT2D eigenvalue weighted by atomic mass is 10.2. The number of methoxy groups -OCH3 is 1. The van der Waals surface area contributed by atoms with Crippen molar-refractivity contribution in [1.82, 2.24) is 0 Å². The third kappa shape index (κ3) is 2.96. The van der Waals surface area contributed by atoms with E-state index in [9.17, 15) is 0 Å². The van der Waals surface area contributed by atoms with Gasteiger partial charge in [-0.3, -0.25) is 0 Å². The molecule has 0 heterocycles. The van der Waals surface area contributed by atoms with Crippen LogP contribution in [0.5, 0.6) is 11.5 Å². The van der Waals surface area contributed by atoms with Crippen LogP contribution in [-0.4, -0.2) is 7.11 Å². The van der Waals surface area contributed by atoms with E-state index in [-0.39, 0.29) is 0 Å². The summed E-state index contributed by atoms with van der Waals surface area (Å²) in [6.07, 6.45) is 0. The lowest BCUT2D eigenvalue weighted by molar-refractivity contribution is 0.283. The van der Waals surface area contributed by atoms with Crippen LogP contribution in [0.25, 0.3) is 0 Å². The van der Waals surface area contributed by atoms with Gasteiger partial charge in [-0.1, -0.05) is 36.4 Å². The highest BCUT2D eigenvalue weighted by molar-refractivity contribution is 6.17. The largest absolute Gasteiger partial charge is 0.493 e. The van der Waals surface area contributed by atoms with E-state index in [0.717, 1.165) is 11.1 Å². The molecule has 2 aromatic rings. The molecule has 0 aliphatic heterocycles. The van der Waals surface area contributed by atoms with E-state index in [1.165, 1.54) is 0 Å². The topological polar surface area (TPSA) is 18.5 Å². The number of benzene rings is 2. The summed E-state index contributed by atoms with van der Waals surface area (Å²) in [6.45, 7) is 0.486. The molecule has 2 rings (SSSR count). The molecule has 0 amide bonds. The minimum Gasteiger partial charge on any atom is -0.493 e. The van der Waals surface area contributed by atoms with Crippen molar-refractivity contribution in [2.45, 2.75) is 12.5 Å². The maximum Gasteiger partial charge on any atom is 0.169 e. The van der Waals surface area contributed by atoms with E-state index < -0.39 is 0 Å². The van der Waals surface area contributed by atoms with Crippen LogP contribution in [0, 0.1) is 6.07 Å². The van der Waals surface area contributed by atoms with Crippen LogP contribution in [-0.2, 0) is 12.5 Å². The predicted molar refractivity (Wildman–Crippen MR) is 72.2 cm³/mol. The summed E-state index contributed by atoms with van der Waals surface area (Å²) in [5, 5.41) is 0. The molecule has 0 bridgehead atoms. The van der Waals surface area contributed by atoms with Crippen molar-refractivity contribution >= 4 is 11.6 Å². The molecule has 0 aromatic heterocycles. The Kier molecular flexibility index (Phi) is 4.48. The van der Waals surface area contributed by atoms with Gasteiger partial charge in [0.2, 0.25) is 0 Å². The summed E-state index contributed by atoms with van der Waals surface area (Å²) >= 11 is 5.85. The second-order valence-electron chi connectivity index (χ2n) is 3.77. The molecule has 18 heavy (non-hydrogen) atoms. The Morgan fingerprint density at radius 3 is 2.61 bits per heavy atom. The Hall–Kier alpha value is -1.67. The third-order valence-corrected chi connectivity index (χ3v) is 2.86. The third-order valence-electron chi connectivity index (χ3n) is 2.57. The standard InChI is InChI=1S/C15H14ClO2/c1-17-15-13(10-16)8-5-9-14(15)18-11-12-6-3-2-4-7-12/h2-8H,10-11H2,1H3. The molecule has 3 heteroatoms. The molecule has 2 aromatic carbocycles. The second kappa shape index (κ2) is 6.31. The van der Waals surface area contributed by atoms with Crippen molar-refractivity contribution in [1.29, 1.82) is 0 Å². The Morgan fingerprint density at radius 2 is 1.94 bits per heavy atom. The maximum absolute atomic E-state index is 5.85. The van der Waals surface area contributed by atoms with Crippen LogP contribution in [0.15, 0.2) is 42.5 Å². The van der Waals surface area contributed by atoms with E-state index in [2.05, 4.69) is 6.07 Å². The Balaban J connectivity index is 2.14. The first-order valence-electron chi connectivity index (χ1n) is 5.65. The normalized spacial score (nSPS) is 10.1. The van der Waals surface area contributed by atoms with Gasteiger partial charge in [0, 0.05) is 11.6 Å². The van der Waals surface area contributed by atoms with E-state index >= 15 is 0 Å². The number of hydrogen-bond donors (Lipinski definition) is 0. The summed E-state index contributed by atoms with van der Waals surface area (Å²) in [7, 11) is 1.61. The minimum atomic E-state index is 0.388. The SMILES string of the molecule is COc1c(OCc2ccccc2)[c]ccc1CCl. The second-order valence-corrected chi connectivity index (χ2v) is 4.04. The molecule has 2 nitrogen and oxygen atoms in total. The van der Waals surface area contributed by atoms with Gasteiger partial charge in [0.05, 0.1) is 13.0 Å². The molecule has 0 aliphatic carbocycles. The van der Waals surface area contributed by atoms with E-state index in [1.807, 2.05) is 36.4 Å². The zero-order valence-electron chi connectivity index (χ0n) is 10.2. The highest BCUT2D eigenvalue weighted by Crippen LogP contribution is 2.31. The van der Waals surface area contributed by atoms with E-state index in [4.69, 9.17) is 21.1 Å². The predicted octanol–water partition coefficient (Wildman–Crippen LogP) is 3.81. The number of rotatable bonds is 5. The number of hydrogen-bond acceptors (Lipinski definition) is 2. The first-order valence-corrected chi connectivity index (χ1v) is 6.19. The van der Waals surface area contributed by atoms with Gasteiger partial charge in [-0.15, -0.1) is 11.6 Å². The van der Waals surface area contributed by atoms with Gasteiger partial charge in [0.1, 0.15) is 6.61 Å². The smallest absolute Gasteiger partial charge is 0.169 e. The first-order chi connectivity index (χ1) is 8.85. The molecule has 0 spiro atoms. The van der Waals surface area contributed by atoms with Crippen molar-refractivity contribution in [2.24, 2.45) is 0 Å². The highest BCUT2D eigenvalue weighted by Gasteiger charge is 2.09. The van der Waals surface area contributed by atoms with E-state index in [0.29, 0.717) is 24.0 Å². The van der Waals surface area contributed by atoms with Gasteiger partial charge >= 0.3 is 0 Å². The van der Waals surface area contributed by atoms with E-state index in [1.54, 1.807) is 13.2 Å². The zero-order chi connectivity index (χ0) is 12.8. The lowest BCUT2D eigenvalue weighted by Gasteiger charge is -2.12. The molecule has 93 valence electrons. The van der Waals surface area contributed by atoms with Crippen LogP contribution in [0.4, 0.5) is 0 Å². The van der Waals surface area contributed by atoms with Crippen LogP contribution in [0.2, 0.25) is 0 Å². The average molecular weight is 262 g/mol. The van der Waals surface area contributed by atoms with Gasteiger partial charge in [0.15, 0.2) is 11.5 Å². The Bertz CT molecular complexity index is 497. The van der Waals surface area contributed by atoms with Gasteiger partial charge in [-0.25, -0.2) is 0 Å². The molecule has 0 atom stereocenters. The fraction of sp³-hybridized carbons (Fsp3) is 0.200. The van der Waals surface area contributed by atoms with Gasteiger partial charge in [-0.2, -0.15) is 0 Å². The highest BCUT2D eigenvalue weighted by atomic mass is 35.5. The number of halogens is 1. The lowest BCUT2D eigenvalue weighted by Crippen LogP contribution is -1.99. The van der Waals surface area contributed by atoms with Crippen LogP contribution >= 0.6 is 11.6 Å². The summed E-state index contributed by atoms with van der Waals surface area (Å²) in [6, 6.07) is 16.7. The molecular formula is C15H14ClO2. The monoisotopic (exact) mass is 261 g/mol. The summed E-state index contributed by atoms with van der Waals surface area (Å²) in [5.74, 6) is 1.64. The maximum atomic E-state index is 5.85. The minimum absolute atomic E-state index is 0.388. The van der Waals surface area contributed by atoms with Crippen molar-refractivity contribution in [3.05, 3.63) is 59.7 Å². The fourth-order valence-corrected chi connectivity index (χ4v) is 1.88. The molecule has 0 aliphatic rings.